The van der Waals surface area contributed by atoms with Gasteiger partial charge in [0, 0.05) is 11.3 Å². The first-order chi connectivity index (χ1) is 14.4. The third kappa shape index (κ3) is 3.19. The summed E-state index contributed by atoms with van der Waals surface area (Å²) in [5.74, 6) is -0.163. The molecular weight excluding hydrogens is 401 g/mol. The SMILES string of the molecule is Oc1cccc(C2=CC(c3ccc4c(c3)OCCO4)n3nc(C(F)(F)F)nc3N2)c1. The van der Waals surface area contributed by atoms with E-state index in [9.17, 15) is 18.3 Å². The average molecular weight is 416 g/mol. The molecule has 1 aromatic heterocycles. The van der Waals surface area contributed by atoms with E-state index >= 15 is 0 Å². The van der Waals surface area contributed by atoms with Crippen molar-refractivity contribution in [1.29, 1.82) is 0 Å². The van der Waals surface area contributed by atoms with Crippen molar-refractivity contribution in [2.24, 2.45) is 0 Å². The number of anilines is 1. The van der Waals surface area contributed by atoms with Crippen LogP contribution < -0.4 is 14.8 Å². The van der Waals surface area contributed by atoms with Crippen molar-refractivity contribution in [3.05, 3.63) is 65.5 Å². The molecule has 0 saturated carbocycles. The van der Waals surface area contributed by atoms with Crippen molar-refractivity contribution in [2.75, 3.05) is 18.5 Å². The molecule has 2 N–H and O–H groups in total. The number of allylic oxidation sites excluding steroid dienone is 1. The third-order valence-corrected chi connectivity index (χ3v) is 4.78. The van der Waals surface area contributed by atoms with Gasteiger partial charge in [0.05, 0.1) is 0 Å². The maximum atomic E-state index is 13.2. The minimum atomic E-state index is -4.69. The van der Waals surface area contributed by atoms with Gasteiger partial charge in [-0.1, -0.05) is 18.2 Å². The van der Waals surface area contributed by atoms with E-state index in [2.05, 4.69) is 15.4 Å². The Kier molecular flexibility index (Phi) is 4.09. The van der Waals surface area contributed by atoms with E-state index < -0.39 is 18.0 Å². The van der Waals surface area contributed by atoms with Gasteiger partial charge < -0.3 is 19.9 Å². The van der Waals surface area contributed by atoms with E-state index in [0.717, 1.165) is 0 Å². The Labute approximate surface area is 168 Å². The van der Waals surface area contributed by atoms with Crippen LogP contribution in [0, 0.1) is 0 Å². The Morgan fingerprint density at radius 3 is 2.63 bits per heavy atom. The van der Waals surface area contributed by atoms with Crippen molar-refractivity contribution < 1.29 is 27.8 Å². The fourth-order valence-electron chi connectivity index (χ4n) is 3.44. The first-order valence-electron chi connectivity index (χ1n) is 9.10. The molecular formula is C20H15F3N4O3. The summed E-state index contributed by atoms with van der Waals surface area (Å²) < 4.78 is 52.1. The number of rotatable bonds is 2. The average Bonchev–Trinajstić information content (AvgIpc) is 3.17. The molecule has 0 radical (unpaired) electrons. The van der Waals surface area contributed by atoms with Crippen molar-refractivity contribution >= 4 is 11.6 Å². The molecule has 1 atom stereocenters. The molecule has 2 aromatic carbocycles. The van der Waals surface area contributed by atoms with Crippen LogP contribution in [0.4, 0.5) is 19.1 Å². The fourth-order valence-corrected chi connectivity index (χ4v) is 3.44. The summed E-state index contributed by atoms with van der Waals surface area (Å²) in [5, 5.41) is 16.4. The molecule has 3 heterocycles. The van der Waals surface area contributed by atoms with Gasteiger partial charge >= 0.3 is 6.18 Å². The van der Waals surface area contributed by atoms with Crippen LogP contribution in [0.25, 0.3) is 5.70 Å². The number of benzene rings is 2. The minimum absolute atomic E-state index is 0.0362. The van der Waals surface area contributed by atoms with Crippen molar-refractivity contribution in [1.82, 2.24) is 14.8 Å². The molecule has 0 aliphatic carbocycles. The summed E-state index contributed by atoms with van der Waals surface area (Å²) in [7, 11) is 0. The van der Waals surface area contributed by atoms with E-state index in [-0.39, 0.29) is 11.7 Å². The van der Waals surface area contributed by atoms with Crippen LogP contribution in [0.3, 0.4) is 0 Å². The maximum Gasteiger partial charge on any atom is 0.453 e. The van der Waals surface area contributed by atoms with Gasteiger partial charge in [-0.2, -0.15) is 18.2 Å². The zero-order valence-electron chi connectivity index (χ0n) is 15.3. The van der Waals surface area contributed by atoms with Crippen LogP contribution in [-0.2, 0) is 6.18 Å². The highest BCUT2D eigenvalue weighted by Gasteiger charge is 2.39. The molecule has 0 spiro atoms. The maximum absolute atomic E-state index is 13.2. The normalized spacial score (nSPS) is 17.7. The number of alkyl halides is 3. The Hall–Kier alpha value is -3.69. The predicted octanol–water partition coefficient (Wildman–Crippen LogP) is 3.83. The summed E-state index contributed by atoms with van der Waals surface area (Å²) in [6.07, 6.45) is -2.96. The molecule has 3 aromatic rings. The van der Waals surface area contributed by atoms with E-state index in [1.54, 1.807) is 36.4 Å². The molecule has 10 heteroatoms. The third-order valence-electron chi connectivity index (χ3n) is 4.78. The smallest absolute Gasteiger partial charge is 0.453 e. The number of nitrogens with one attached hydrogen (secondary N) is 1. The lowest BCUT2D eigenvalue weighted by molar-refractivity contribution is -0.145. The number of aromatic nitrogens is 3. The van der Waals surface area contributed by atoms with Crippen molar-refractivity contribution in [3.63, 3.8) is 0 Å². The zero-order chi connectivity index (χ0) is 20.9. The second kappa shape index (κ2) is 6.68. The van der Waals surface area contributed by atoms with Crippen LogP contribution in [0.5, 0.6) is 17.2 Å². The molecule has 2 aliphatic heterocycles. The number of ether oxygens (including phenoxy) is 2. The quantitative estimate of drug-likeness (QED) is 0.661. The highest BCUT2D eigenvalue weighted by atomic mass is 19.4. The second-order valence-corrected chi connectivity index (χ2v) is 6.80. The van der Waals surface area contributed by atoms with Crippen LogP contribution in [0.2, 0.25) is 0 Å². The summed E-state index contributed by atoms with van der Waals surface area (Å²) in [4.78, 5) is 3.64. The van der Waals surface area contributed by atoms with Crippen molar-refractivity contribution in [2.45, 2.75) is 12.2 Å². The molecule has 1 unspecified atom stereocenters. The summed E-state index contributed by atoms with van der Waals surface area (Å²) in [6, 6.07) is 10.9. The Morgan fingerprint density at radius 2 is 1.87 bits per heavy atom. The number of phenolic OH excluding ortho intramolecular Hbond substituents is 1. The summed E-state index contributed by atoms with van der Waals surface area (Å²) in [6.45, 7) is 0.823. The molecule has 154 valence electrons. The van der Waals surface area contributed by atoms with Crippen molar-refractivity contribution in [3.8, 4) is 17.2 Å². The number of aromatic hydroxyl groups is 1. The molecule has 5 rings (SSSR count). The highest BCUT2D eigenvalue weighted by Crippen LogP contribution is 2.39. The van der Waals surface area contributed by atoms with Crippen LogP contribution >= 0.6 is 0 Å². The van der Waals surface area contributed by atoms with E-state index in [0.29, 0.717) is 41.5 Å². The summed E-state index contributed by atoms with van der Waals surface area (Å²) >= 11 is 0. The second-order valence-electron chi connectivity index (χ2n) is 6.80. The monoisotopic (exact) mass is 416 g/mol. The molecule has 7 nitrogen and oxygen atoms in total. The fraction of sp³-hybridized carbons (Fsp3) is 0.200. The van der Waals surface area contributed by atoms with Gasteiger partial charge in [-0.3, -0.25) is 0 Å². The summed E-state index contributed by atoms with van der Waals surface area (Å²) in [5.41, 5.74) is 1.75. The van der Waals surface area contributed by atoms with E-state index in [4.69, 9.17) is 9.47 Å². The lowest BCUT2D eigenvalue weighted by Gasteiger charge is -2.26. The Balaban J connectivity index is 1.63. The Morgan fingerprint density at radius 1 is 1.07 bits per heavy atom. The van der Waals surface area contributed by atoms with Gasteiger partial charge in [-0.25, -0.2) is 4.68 Å². The topological polar surface area (TPSA) is 81.4 Å². The number of fused-ring (bicyclic) bond motifs is 2. The molecule has 30 heavy (non-hydrogen) atoms. The minimum Gasteiger partial charge on any atom is -0.508 e. The molecule has 0 saturated heterocycles. The number of hydrogen-bond acceptors (Lipinski definition) is 6. The van der Waals surface area contributed by atoms with Gasteiger partial charge in [0.15, 0.2) is 11.5 Å². The van der Waals surface area contributed by atoms with E-state index in [1.165, 1.54) is 16.8 Å². The zero-order valence-corrected chi connectivity index (χ0v) is 15.3. The van der Waals surface area contributed by atoms with Gasteiger partial charge in [0.2, 0.25) is 5.95 Å². The van der Waals surface area contributed by atoms with Gasteiger partial charge in [0.25, 0.3) is 5.82 Å². The number of hydrogen-bond donors (Lipinski definition) is 2. The largest absolute Gasteiger partial charge is 0.508 e. The first kappa shape index (κ1) is 18.3. The lowest BCUT2D eigenvalue weighted by Crippen LogP contribution is -2.21. The standard InChI is InChI=1S/C20H15F3N4O3/c21-20(22,23)18-25-19-24-14(11-2-1-3-13(28)8-11)10-15(27(19)26-18)12-4-5-16-17(9-12)30-7-6-29-16/h1-5,8-10,15,28H,6-7H2,(H,24,25,26). The predicted molar refractivity (Wildman–Crippen MR) is 100 cm³/mol. The molecule has 2 aliphatic rings. The molecule has 0 bridgehead atoms. The van der Waals surface area contributed by atoms with Crippen LogP contribution in [0.15, 0.2) is 48.5 Å². The van der Waals surface area contributed by atoms with Gasteiger partial charge in [-0.05, 0) is 35.9 Å². The van der Waals surface area contributed by atoms with Crippen LogP contribution in [-0.4, -0.2) is 33.1 Å². The van der Waals surface area contributed by atoms with Gasteiger partial charge in [0.1, 0.15) is 25.0 Å². The first-order valence-corrected chi connectivity index (χ1v) is 9.10. The van der Waals surface area contributed by atoms with Gasteiger partial charge in [-0.15, -0.1) is 5.10 Å². The number of phenols is 1. The number of nitrogens with zero attached hydrogens (tertiary/aromatic N) is 3. The highest BCUT2D eigenvalue weighted by molar-refractivity contribution is 5.77. The van der Waals surface area contributed by atoms with Crippen LogP contribution in [0.1, 0.15) is 23.0 Å². The van der Waals surface area contributed by atoms with E-state index in [1.807, 2.05) is 0 Å². The number of halogens is 3. The lowest BCUT2D eigenvalue weighted by atomic mass is 10.0. The molecule has 0 amide bonds. The Bertz CT molecular complexity index is 1160. The molecule has 0 fully saturated rings.